The van der Waals surface area contributed by atoms with Gasteiger partial charge >= 0.3 is 9.75 Å². The summed E-state index contributed by atoms with van der Waals surface area (Å²) in [4.78, 5) is 27.8. The van der Waals surface area contributed by atoms with E-state index in [0.717, 1.165) is 46.4 Å². The Morgan fingerprint density at radius 1 is 0.857 bits per heavy atom. The van der Waals surface area contributed by atoms with Crippen LogP contribution in [-0.2, 0) is 18.1 Å². The fraction of sp³-hybridized carbons (Fsp3) is 0.481. The predicted octanol–water partition coefficient (Wildman–Crippen LogP) is 5.98. The Labute approximate surface area is 214 Å². The summed E-state index contributed by atoms with van der Waals surface area (Å²) in [5.74, 6) is 0.623. The van der Waals surface area contributed by atoms with E-state index in [2.05, 4.69) is 18.7 Å². The Bertz CT molecular complexity index is 1250. The van der Waals surface area contributed by atoms with Crippen LogP contribution in [0, 0.1) is 5.92 Å². The van der Waals surface area contributed by atoms with Gasteiger partial charge in [-0.3, -0.25) is 23.6 Å². The molecule has 1 atom stereocenters. The molecular formula is C27H35N3O3S2. The molecule has 35 heavy (non-hydrogen) atoms. The first-order valence-electron chi connectivity index (χ1n) is 12.6. The highest BCUT2D eigenvalue weighted by Crippen LogP contribution is 2.20. The molecule has 0 spiro atoms. The van der Waals surface area contributed by atoms with Gasteiger partial charge in [0.2, 0.25) is 0 Å². The lowest BCUT2D eigenvalue weighted by Gasteiger charge is -2.24. The molecule has 8 heteroatoms. The average Bonchev–Trinajstić information content (AvgIpc) is 3.36. The number of rotatable bonds is 14. The first-order chi connectivity index (χ1) is 17.1. The Morgan fingerprint density at radius 3 is 1.97 bits per heavy atom. The van der Waals surface area contributed by atoms with E-state index in [-0.39, 0.29) is 9.75 Å². The third-order valence-electron chi connectivity index (χ3n) is 6.49. The minimum Gasteiger partial charge on any atom is -0.381 e. The number of hydrogen-bond acceptors (Lipinski definition) is 6. The number of nitrogens with zero attached hydrogens (tertiary/aromatic N) is 3. The van der Waals surface area contributed by atoms with Gasteiger partial charge in [-0.15, -0.1) is 0 Å². The number of fused-ring (bicyclic) bond motifs is 2. The maximum Gasteiger partial charge on any atom is 0.309 e. The summed E-state index contributed by atoms with van der Waals surface area (Å²) in [6.45, 7) is 7.56. The van der Waals surface area contributed by atoms with E-state index in [9.17, 15) is 9.59 Å². The second-order valence-corrected chi connectivity index (χ2v) is 11.0. The summed E-state index contributed by atoms with van der Waals surface area (Å²) in [5, 5.41) is 0. The van der Waals surface area contributed by atoms with E-state index in [1.807, 2.05) is 57.7 Å². The Morgan fingerprint density at radius 2 is 1.43 bits per heavy atom. The van der Waals surface area contributed by atoms with Crippen molar-refractivity contribution in [1.82, 2.24) is 14.0 Å². The van der Waals surface area contributed by atoms with Crippen molar-refractivity contribution in [3.8, 4) is 0 Å². The largest absolute Gasteiger partial charge is 0.381 e. The highest BCUT2D eigenvalue weighted by atomic mass is 32.1. The smallest absolute Gasteiger partial charge is 0.309 e. The average molecular weight is 514 g/mol. The molecule has 0 aliphatic rings. The molecule has 4 rings (SSSR count). The van der Waals surface area contributed by atoms with Crippen molar-refractivity contribution < 1.29 is 4.74 Å². The molecular weight excluding hydrogens is 478 g/mol. The minimum atomic E-state index is 0.0247. The van der Waals surface area contributed by atoms with Crippen LogP contribution in [0.15, 0.2) is 58.1 Å². The van der Waals surface area contributed by atoms with Gasteiger partial charge in [0.15, 0.2) is 0 Å². The van der Waals surface area contributed by atoms with E-state index in [4.69, 9.17) is 4.74 Å². The van der Waals surface area contributed by atoms with E-state index in [1.165, 1.54) is 41.9 Å². The molecule has 0 aliphatic heterocycles. The van der Waals surface area contributed by atoms with Crippen molar-refractivity contribution in [3.05, 3.63) is 67.9 Å². The minimum absolute atomic E-state index is 0.0247. The second kappa shape index (κ2) is 12.6. The topological polar surface area (TPSA) is 56.5 Å². The van der Waals surface area contributed by atoms with Crippen LogP contribution in [0.2, 0.25) is 0 Å². The van der Waals surface area contributed by atoms with Crippen LogP contribution in [0.3, 0.4) is 0 Å². The molecule has 0 aliphatic carbocycles. The molecule has 0 saturated heterocycles. The number of hydrogen-bond donors (Lipinski definition) is 0. The molecule has 4 aromatic rings. The molecule has 2 aromatic carbocycles. The first kappa shape index (κ1) is 25.8. The van der Waals surface area contributed by atoms with Gasteiger partial charge in [-0.05, 0) is 43.0 Å². The van der Waals surface area contributed by atoms with Crippen LogP contribution in [0.1, 0.15) is 46.0 Å². The van der Waals surface area contributed by atoms with Crippen molar-refractivity contribution in [2.45, 2.75) is 59.3 Å². The predicted molar refractivity (Wildman–Crippen MR) is 148 cm³/mol. The van der Waals surface area contributed by atoms with Gasteiger partial charge in [-0.2, -0.15) is 0 Å². The lowest BCUT2D eigenvalue weighted by atomic mass is 10.0. The molecule has 2 aromatic heterocycles. The highest BCUT2D eigenvalue weighted by molar-refractivity contribution is 7.16. The molecule has 0 saturated carbocycles. The zero-order valence-electron chi connectivity index (χ0n) is 20.7. The van der Waals surface area contributed by atoms with Crippen molar-refractivity contribution in [2.75, 3.05) is 19.8 Å². The van der Waals surface area contributed by atoms with Crippen LogP contribution in [0.4, 0.5) is 0 Å². The number of aromatic nitrogens is 2. The standard InChI is InChI=1S/C27H35N3O3S2/c1-3-5-11-21(4-2)18-33-17-10-16-28(19-29-22-12-6-8-14-24(22)34-26(29)31)20-30-23-13-7-9-15-25(23)35-27(30)32/h6-9,12-15,21H,3-5,10-11,16-20H2,1-2H3/t21-/m0/s1. The summed E-state index contributed by atoms with van der Waals surface area (Å²) in [6, 6.07) is 15.8. The van der Waals surface area contributed by atoms with E-state index >= 15 is 0 Å². The third-order valence-corrected chi connectivity index (χ3v) is 8.41. The van der Waals surface area contributed by atoms with Crippen LogP contribution in [0.5, 0.6) is 0 Å². The first-order valence-corrected chi connectivity index (χ1v) is 14.2. The molecule has 0 bridgehead atoms. The zero-order chi connectivity index (χ0) is 24.6. The molecule has 0 amide bonds. The normalized spacial score (nSPS) is 12.8. The molecule has 0 radical (unpaired) electrons. The third kappa shape index (κ3) is 6.50. The van der Waals surface area contributed by atoms with Crippen LogP contribution >= 0.6 is 22.7 Å². The Kier molecular flexibility index (Phi) is 9.31. The SMILES string of the molecule is CCCC[C@H](CC)COCCCN(Cn1c(=O)sc2ccccc21)Cn1c(=O)sc2ccccc21. The second-order valence-electron chi connectivity index (χ2n) is 9.05. The molecule has 0 fully saturated rings. The Balaban J connectivity index is 1.47. The highest BCUT2D eigenvalue weighted by Gasteiger charge is 2.15. The van der Waals surface area contributed by atoms with E-state index < -0.39 is 0 Å². The van der Waals surface area contributed by atoms with Crippen LogP contribution < -0.4 is 9.75 Å². The van der Waals surface area contributed by atoms with Crippen LogP contribution in [0.25, 0.3) is 20.4 Å². The zero-order valence-corrected chi connectivity index (χ0v) is 22.3. The van der Waals surface area contributed by atoms with Gasteiger partial charge in [-0.25, -0.2) is 0 Å². The molecule has 0 unspecified atom stereocenters. The fourth-order valence-corrected chi connectivity index (χ4v) is 6.19. The summed E-state index contributed by atoms with van der Waals surface area (Å²) in [6.07, 6.45) is 5.69. The summed E-state index contributed by atoms with van der Waals surface area (Å²) in [5.41, 5.74) is 1.88. The van der Waals surface area contributed by atoms with Crippen LogP contribution in [-0.4, -0.2) is 33.8 Å². The summed E-state index contributed by atoms with van der Waals surface area (Å²) >= 11 is 2.54. The van der Waals surface area contributed by atoms with Crippen molar-refractivity contribution >= 4 is 43.1 Å². The molecule has 2 heterocycles. The van der Waals surface area contributed by atoms with Crippen molar-refractivity contribution in [2.24, 2.45) is 5.92 Å². The van der Waals surface area contributed by atoms with Gasteiger partial charge in [0, 0.05) is 19.8 Å². The van der Waals surface area contributed by atoms with Gasteiger partial charge < -0.3 is 4.74 Å². The van der Waals surface area contributed by atoms with Gasteiger partial charge in [0.05, 0.1) is 33.8 Å². The van der Waals surface area contributed by atoms with Gasteiger partial charge in [0.1, 0.15) is 0 Å². The summed E-state index contributed by atoms with van der Waals surface area (Å²) < 4.78 is 11.6. The molecule has 188 valence electrons. The number of thiazole rings is 2. The van der Waals surface area contributed by atoms with E-state index in [1.54, 1.807) is 0 Å². The fourth-order valence-electron chi connectivity index (χ4n) is 4.42. The molecule has 6 nitrogen and oxygen atoms in total. The van der Waals surface area contributed by atoms with Gasteiger partial charge in [-0.1, -0.05) is 80.0 Å². The van der Waals surface area contributed by atoms with Gasteiger partial charge in [0.25, 0.3) is 0 Å². The number of unbranched alkanes of at least 4 members (excludes halogenated alkanes) is 1. The number of ether oxygens (including phenoxy) is 1. The van der Waals surface area contributed by atoms with E-state index in [0.29, 0.717) is 25.9 Å². The quantitative estimate of drug-likeness (QED) is 0.195. The monoisotopic (exact) mass is 513 g/mol. The lowest BCUT2D eigenvalue weighted by molar-refractivity contribution is 0.0776. The summed E-state index contributed by atoms with van der Waals surface area (Å²) in [7, 11) is 0. The number of para-hydroxylation sites is 2. The Hall–Kier alpha value is -2.26. The maximum atomic E-state index is 12.8. The lowest BCUT2D eigenvalue weighted by Crippen LogP contribution is -2.35. The van der Waals surface area contributed by atoms with Crippen molar-refractivity contribution in [1.29, 1.82) is 0 Å². The maximum absolute atomic E-state index is 12.8. The molecule has 0 N–H and O–H groups in total. The van der Waals surface area contributed by atoms with Crippen molar-refractivity contribution in [3.63, 3.8) is 0 Å². The number of benzene rings is 2.